The van der Waals surface area contributed by atoms with Gasteiger partial charge in [0.05, 0.1) is 23.1 Å². The molecule has 0 fully saturated rings. The summed E-state index contributed by atoms with van der Waals surface area (Å²) in [6.45, 7) is 3.52. The van der Waals surface area contributed by atoms with Crippen LogP contribution in [-0.2, 0) is 13.6 Å². The number of ether oxygens (including phenoxy) is 1. The van der Waals surface area contributed by atoms with Crippen LogP contribution in [0.1, 0.15) is 12.6 Å². The Bertz CT molecular complexity index is 527. The van der Waals surface area contributed by atoms with E-state index in [9.17, 15) is 0 Å². The molecule has 0 atom stereocenters. The van der Waals surface area contributed by atoms with Gasteiger partial charge in [0.1, 0.15) is 0 Å². The van der Waals surface area contributed by atoms with E-state index in [2.05, 4.69) is 15.4 Å². The molecule has 0 radical (unpaired) electrons. The van der Waals surface area contributed by atoms with Crippen LogP contribution in [0.3, 0.4) is 0 Å². The van der Waals surface area contributed by atoms with E-state index in [1.807, 2.05) is 14.0 Å². The van der Waals surface area contributed by atoms with Crippen molar-refractivity contribution in [1.29, 1.82) is 0 Å². The van der Waals surface area contributed by atoms with Crippen molar-refractivity contribution in [3.8, 4) is 11.6 Å². The van der Waals surface area contributed by atoms with Crippen LogP contribution in [0.25, 0.3) is 0 Å². The molecule has 0 aliphatic rings. The molecule has 2 heterocycles. The summed E-state index contributed by atoms with van der Waals surface area (Å²) in [6.07, 6.45) is 3.42. The zero-order chi connectivity index (χ0) is 13.0. The van der Waals surface area contributed by atoms with Gasteiger partial charge in [-0.3, -0.25) is 4.68 Å². The molecule has 2 rings (SSSR count). The molecule has 0 saturated carbocycles. The monoisotopic (exact) mass is 266 g/mol. The Hall–Kier alpha value is -1.59. The first kappa shape index (κ1) is 12.9. The molecule has 18 heavy (non-hydrogen) atoms. The lowest BCUT2D eigenvalue weighted by Crippen LogP contribution is -2.13. The van der Waals surface area contributed by atoms with Gasteiger partial charge in [0.2, 0.25) is 5.88 Å². The van der Waals surface area contributed by atoms with E-state index in [1.165, 1.54) is 0 Å². The van der Waals surface area contributed by atoms with E-state index in [-0.39, 0.29) is 0 Å². The first-order valence-electron chi connectivity index (χ1n) is 5.71. The first-order valence-corrected chi connectivity index (χ1v) is 6.09. The van der Waals surface area contributed by atoms with Crippen molar-refractivity contribution < 1.29 is 4.74 Å². The molecule has 1 N–H and O–H groups in total. The molecule has 0 unspecified atom stereocenters. The van der Waals surface area contributed by atoms with Gasteiger partial charge in [-0.05, 0) is 12.6 Å². The van der Waals surface area contributed by atoms with Crippen molar-refractivity contribution in [1.82, 2.24) is 20.1 Å². The van der Waals surface area contributed by atoms with Crippen LogP contribution in [0.4, 0.5) is 0 Å². The summed E-state index contributed by atoms with van der Waals surface area (Å²) in [4.78, 5) is 4.36. The van der Waals surface area contributed by atoms with Crippen LogP contribution < -0.4 is 10.1 Å². The predicted molar refractivity (Wildman–Crippen MR) is 69.9 cm³/mol. The van der Waals surface area contributed by atoms with E-state index < -0.39 is 0 Å². The molecule has 0 aliphatic heterocycles. The normalized spacial score (nSPS) is 10.6. The van der Waals surface area contributed by atoms with Crippen molar-refractivity contribution in [2.75, 3.05) is 6.54 Å². The molecule has 0 aromatic carbocycles. The Morgan fingerprint density at radius 1 is 1.44 bits per heavy atom. The number of hydrogen-bond donors (Lipinski definition) is 1. The van der Waals surface area contributed by atoms with Gasteiger partial charge in [-0.15, -0.1) is 0 Å². The molecular weight excluding hydrogens is 252 g/mol. The fourth-order valence-corrected chi connectivity index (χ4v) is 1.63. The van der Waals surface area contributed by atoms with Crippen molar-refractivity contribution >= 4 is 11.6 Å². The van der Waals surface area contributed by atoms with E-state index in [4.69, 9.17) is 16.3 Å². The van der Waals surface area contributed by atoms with Crippen molar-refractivity contribution in [2.24, 2.45) is 7.05 Å². The Morgan fingerprint density at radius 2 is 2.28 bits per heavy atom. The van der Waals surface area contributed by atoms with Crippen LogP contribution in [0.5, 0.6) is 11.6 Å². The van der Waals surface area contributed by atoms with E-state index in [0.717, 1.165) is 12.2 Å². The summed E-state index contributed by atoms with van der Waals surface area (Å²) in [5, 5.41) is 7.84. The molecule has 2 aromatic rings. The number of pyridine rings is 1. The second-order valence-corrected chi connectivity index (χ2v) is 4.22. The van der Waals surface area contributed by atoms with Crippen molar-refractivity contribution in [2.45, 2.75) is 13.5 Å². The lowest BCUT2D eigenvalue weighted by molar-refractivity contribution is 0.459. The Morgan fingerprint density at radius 3 is 2.94 bits per heavy atom. The van der Waals surface area contributed by atoms with Crippen LogP contribution in [0.2, 0.25) is 5.02 Å². The number of nitrogens with one attached hydrogen (secondary N) is 1. The zero-order valence-electron chi connectivity index (χ0n) is 10.4. The summed E-state index contributed by atoms with van der Waals surface area (Å²) in [7, 11) is 1.83. The average Bonchev–Trinajstić information content (AvgIpc) is 2.75. The molecule has 5 nitrogen and oxygen atoms in total. The topological polar surface area (TPSA) is 52.0 Å². The standard InChI is InChI=1S/C12H15ClN4O/c1-3-14-7-11-10(13)4-5-12(16-11)18-9-6-15-17(2)8-9/h4-6,8,14H,3,7H2,1-2H3. The quantitative estimate of drug-likeness (QED) is 0.903. The van der Waals surface area contributed by atoms with Crippen LogP contribution in [0, 0.1) is 0 Å². The lowest BCUT2D eigenvalue weighted by atomic mass is 10.3. The van der Waals surface area contributed by atoms with E-state index >= 15 is 0 Å². The highest BCUT2D eigenvalue weighted by Gasteiger charge is 2.06. The predicted octanol–water partition coefficient (Wildman–Crippen LogP) is 2.37. The Balaban J connectivity index is 2.13. The van der Waals surface area contributed by atoms with E-state index in [1.54, 1.807) is 29.2 Å². The zero-order valence-corrected chi connectivity index (χ0v) is 11.1. The van der Waals surface area contributed by atoms with Crippen LogP contribution >= 0.6 is 11.6 Å². The van der Waals surface area contributed by atoms with Gasteiger partial charge in [-0.1, -0.05) is 18.5 Å². The van der Waals surface area contributed by atoms with Gasteiger partial charge < -0.3 is 10.1 Å². The highest BCUT2D eigenvalue weighted by Crippen LogP contribution is 2.22. The number of aromatic nitrogens is 3. The van der Waals surface area contributed by atoms with Crippen molar-refractivity contribution in [3.05, 3.63) is 35.2 Å². The fraction of sp³-hybridized carbons (Fsp3) is 0.333. The maximum absolute atomic E-state index is 6.06. The number of hydrogen-bond acceptors (Lipinski definition) is 4. The molecule has 96 valence electrons. The highest BCUT2D eigenvalue weighted by molar-refractivity contribution is 6.31. The highest BCUT2D eigenvalue weighted by atomic mass is 35.5. The third-order valence-corrected chi connectivity index (χ3v) is 2.68. The van der Waals surface area contributed by atoms with E-state index in [0.29, 0.717) is 23.2 Å². The second-order valence-electron chi connectivity index (χ2n) is 3.81. The maximum atomic E-state index is 6.06. The van der Waals surface area contributed by atoms with Crippen molar-refractivity contribution in [3.63, 3.8) is 0 Å². The lowest BCUT2D eigenvalue weighted by Gasteiger charge is -2.07. The smallest absolute Gasteiger partial charge is 0.219 e. The molecule has 0 amide bonds. The Labute approximate surface area is 111 Å². The summed E-state index contributed by atoms with van der Waals surface area (Å²) >= 11 is 6.06. The molecule has 0 bridgehead atoms. The second kappa shape index (κ2) is 5.84. The fourth-order valence-electron chi connectivity index (χ4n) is 1.46. The SMILES string of the molecule is CCNCc1nc(Oc2cnn(C)c2)ccc1Cl. The minimum Gasteiger partial charge on any atom is -0.436 e. The molecule has 2 aromatic heterocycles. The minimum absolute atomic E-state index is 0.514. The largest absolute Gasteiger partial charge is 0.436 e. The minimum atomic E-state index is 0.514. The molecule has 0 saturated heterocycles. The number of halogens is 1. The molecule has 0 aliphatic carbocycles. The number of nitrogens with zero attached hydrogens (tertiary/aromatic N) is 3. The van der Waals surface area contributed by atoms with Gasteiger partial charge in [-0.25, -0.2) is 4.98 Å². The third kappa shape index (κ3) is 3.21. The Kier molecular flexibility index (Phi) is 4.17. The molecule has 6 heteroatoms. The van der Waals surface area contributed by atoms with Gasteiger partial charge in [-0.2, -0.15) is 5.10 Å². The summed E-state index contributed by atoms with van der Waals surface area (Å²) in [5.41, 5.74) is 0.778. The summed E-state index contributed by atoms with van der Waals surface area (Å²) < 4.78 is 7.27. The van der Waals surface area contributed by atoms with Gasteiger partial charge in [0.25, 0.3) is 0 Å². The van der Waals surface area contributed by atoms with Gasteiger partial charge in [0.15, 0.2) is 5.75 Å². The average molecular weight is 267 g/mol. The van der Waals surface area contributed by atoms with Crippen LogP contribution in [-0.4, -0.2) is 21.3 Å². The van der Waals surface area contributed by atoms with Crippen LogP contribution in [0.15, 0.2) is 24.5 Å². The molecular formula is C12H15ClN4O. The third-order valence-electron chi connectivity index (χ3n) is 2.34. The number of aryl methyl sites for hydroxylation is 1. The maximum Gasteiger partial charge on any atom is 0.219 e. The first-order chi connectivity index (χ1) is 8.69. The number of rotatable bonds is 5. The summed E-state index contributed by atoms with van der Waals surface area (Å²) in [5.74, 6) is 1.17. The summed E-state index contributed by atoms with van der Waals surface area (Å²) in [6, 6.07) is 3.53. The van der Waals surface area contributed by atoms with Gasteiger partial charge in [0, 0.05) is 19.7 Å². The molecule has 0 spiro atoms. The van der Waals surface area contributed by atoms with Gasteiger partial charge >= 0.3 is 0 Å².